The summed E-state index contributed by atoms with van der Waals surface area (Å²) >= 11 is 0. The lowest BCUT2D eigenvalue weighted by Crippen LogP contribution is -2.38. The van der Waals surface area contributed by atoms with Crippen molar-refractivity contribution in [3.8, 4) is 0 Å². The molecule has 5 rings (SSSR count). The van der Waals surface area contributed by atoms with Crippen LogP contribution in [0.5, 0.6) is 0 Å². The van der Waals surface area contributed by atoms with Gasteiger partial charge >= 0.3 is 0 Å². The van der Waals surface area contributed by atoms with Gasteiger partial charge in [0.2, 0.25) is 5.91 Å². The first-order valence-corrected chi connectivity index (χ1v) is 14.7. The van der Waals surface area contributed by atoms with Gasteiger partial charge in [-0.15, -0.1) is 0 Å². The number of rotatable bonds is 8. The summed E-state index contributed by atoms with van der Waals surface area (Å²) in [5.74, 6) is -0.921. The van der Waals surface area contributed by atoms with Crippen molar-refractivity contribution in [2.75, 3.05) is 36.0 Å². The highest BCUT2D eigenvalue weighted by atomic mass is 32.2. The van der Waals surface area contributed by atoms with Crippen molar-refractivity contribution in [1.82, 2.24) is 0 Å². The van der Waals surface area contributed by atoms with E-state index in [-0.39, 0.29) is 24.0 Å². The third-order valence-electron chi connectivity index (χ3n) is 8.40. The van der Waals surface area contributed by atoms with Crippen molar-refractivity contribution >= 4 is 33.0 Å². The van der Waals surface area contributed by atoms with Crippen molar-refractivity contribution in [2.24, 2.45) is 11.1 Å². The van der Waals surface area contributed by atoms with Crippen molar-refractivity contribution in [3.63, 3.8) is 0 Å². The van der Waals surface area contributed by atoms with Crippen LogP contribution in [0.25, 0.3) is 0 Å². The van der Waals surface area contributed by atoms with Crippen LogP contribution in [0.4, 0.5) is 11.4 Å². The maximum atomic E-state index is 14.0. The van der Waals surface area contributed by atoms with Gasteiger partial charge < -0.3 is 20.6 Å². The quantitative estimate of drug-likeness (QED) is 0.544. The summed E-state index contributed by atoms with van der Waals surface area (Å²) in [6, 6.07) is 11.3. The van der Waals surface area contributed by atoms with E-state index in [1.54, 1.807) is 36.4 Å². The molecule has 0 bridgehead atoms. The van der Waals surface area contributed by atoms with E-state index in [1.807, 2.05) is 0 Å². The molecule has 0 aromatic heterocycles. The van der Waals surface area contributed by atoms with Crippen LogP contribution in [-0.4, -0.2) is 56.8 Å². The van der Waals surface area contributed by atoms with Gasteiger partial charge in [0.25, 0.3) is 5.91 Å². The van der Waals surface area contributed by atoms with E-state index in [2.05, 4.69) is 4.90 Å². The second-order valence-electron chi connectivity index (χ2n) is 10.7. The van der Waals surface area contributed by atoms with Gasteiger partial charge in [-0.2, -0.15) is 0 Å². The SMILES string of the molecule is NC(=O)c1ccc(C(=O)N(CCO)c2cccc(S(=O)(=O)C3CCCC3)c2)c(N2CCC3(CC2)CC3)c1. The molecule has 3 fully saturated rings. The van der Waals surface area contributed by atoms with Gasteiger partial charge in [0.05, 0.1) is 28.0 Å². The Morgan fingerprint density at radius 2 is 1.73 bits per heavy atom. The van der Waals surface area contributed by atoms with Crippen molar-refractivity contribution in [2.45, 2.75) is 61.5 Å². The molecule has 1 aliphatic heterocycles. The van der Waals surface area contributed by atoms with Crippen LogP contribution < -0.4 is 15.5 Å². The molecule has 9 heteroatoms. The zero-order valence-corrected chi connectivity index (χ0v) is 21.9. The number of sulfone groups is 1. The second kappa shape index (κ2) is 10.1. The third-order valence-corrected chi connectivity index (χ3v) is 10.7. The molecule has 3 aliphatic rings. The minimum atomic E-state index is -3.51. The molecule has 37 heavy (non-hydrogen) atoms. The molecule has 1 spiro atoms. The average Bonchev–Trinajstić information content (AvgIpc) is 3.41. The van der Waals surface area contributed by atoms with E-state index in [1.165, 1.54) is 23.8 Å². The average molecular weight is 526 g/mol. The number of nitrogens with zero attached hydrogens (tertiary/aromatic N) is 2. The Balaban J connectivity index is 1.49. The normalized spacial score (nSPS) is 19.2. The predicted octanol–water partition coefficient (Wildman–Crippen LogP) is 3.52. The van der Waals surface area contributed by atoms with Crippen LogP contribution in [0.15, 0.2) is 47.4 Å². The molecule has 2 amide bonds. The fourth-order valence-electron chi connectivity index (χ4n) is 5.84. The molecule has 198 valence electrons. The summed E-state index contributed by atoms with van der Waals surface area (Å²) in [4.78, 5) is 29.7. The number of piperidine rings is 1. The molecule has 8 nitrogen and oxygen atoms in total. The molecule has 2 aromatic carbocycles. The molecule has 1 saturated heterocycles. The molecule has 0 radical (unpaired) electrons. The number of hydrogen-bond acceptors (Lipinski definition) is 6. The molecular weight excluding hydrogens is 490 g/mol. The van der Waals surface area contributed by atoms with Crippen LogP contribution in [-0.2, 0) is 9.84 Å². The zero-order valence-electron chi connectivity index (χ0n) is 21.1. The number of amides is 2. The number of hydrogen-bond donors (Lipinski definition) is 2. The number of nitrogens with two attached hydrogens (primary N) is 1. The van der Waals surface area contributed by atoms with Gasteiger partial charge in [-0.05, 0) is 80.3 Å². The first-order valence-electron chi connectivity index (χ1n) is 13.2. The van der Waals surface area contributed by atoms with Crippen molar-refractivity contribution < 1.29 is 23.1 Å². The summed E-state index contributed by atoms with van der Waals surface area (Å²) < 4.78 is 26.4. The zero-order chi connectivity index (χ0) is 26.2. The van der Waals surface area contributed by atoms with E-state index in [0.29, 0.717) is 40.8 Å². The second-order valence-corrected chi connectivity index (χ2v) is 12.9. The summed E-state index contributed by atoms with van der Waals surface area (Å²) in [6.45, 7) is 1.30. The highest BCUT2D eigenvalue weighted by Gasteiger charge is 2.44. The first kappa shape index (κ1) is 25.7. The number of carbonyl (C=O) groups is 2. The highest BCUT2D eigenvalue weighted by molar-refractivity contribution is 7.92. The topological polar surface area (TPSA) is 121 Å². The van der Waals surface area contributed by atoms with Crippen LogP contribution in [0, 0.1) is 5.41 Å². The van der Waals surface area contributed by atoms with Crippen molar-refractivity contribution in [1.29, 1.82) is 0 Å². The Morgan fingerprint density at radius 1 is 1.03 bits per heavy atom. The fraction of sp³-hybridized carbons (Fsp3) is 0.500. The Labute approximate surface area is 218 Å². The highest BCUT2D eigenvalue weighted by Crippen LogP contribution is 2.54. The van der Waals surface area contributed by atoms with Crippen LogP contribution in [0.3, 0.4) is 0 Å². The maximum absolute atomic E-state index is 14.0. The van der Waals surface area contributed by atoms with E-state index >= 15 is 0 Å². The number of aliphatic hydroxyl groups excluding tert-OH is 1. The fourth-order valence-corrected chi connectivity index (χ4v) is 7.73. The molecular formula is C28H35N3O5S. The maximum Gasteiger partial charge on any atom is 0.260 e. The molecule has 3 N–H and O–H groups in total. The summed E-state index contributed by atoms with van der Waals surface area (Å²) in [5, 5.41) is 9.41. The molecule has 1 heterocycles. The largest absolute Gasteiger partial charge is 0.395 e. The Bertz CT molecular complexity index is 1290. The van der Waals surface area contributed by atoms with Crippen molar-refractivity contribution in [3.05, 3.63) is 53.6 Å². The molecule has 0 atom stereocenters. The third kappa shape index (κ3) is 5.11. The summed E-state index contributed by atoms with van der Waals surface area (Å²) in [6.07, 6.45) is 7.69. The lowest BCUT2D eigenvalue weighted by molar-refractivity contribution is 0.0976. The Morgan fingerprint density at radius 3 is 2.35 bits per heavy atom. The minimum Gasteiger partial charge on any atom is -0.395 e. The lowest BCUT2D eigenvalue weighted by Gasteiger charge is -2.35. The summed E-state index contributed by atoms with van der Waals surface area (Å²) in [7, 11) is -3.51. The number of primary amides is 1. The predicted molar refractivity (Wildman–Crippen MR) is 143 cm³/mol. The number of anilines is 2. The monoisotopic (exact) mass is 525 g/mol. The standard InChI is InChI=1S/C28H35N3O5S/c29-26(33)20-8-9-24(25(18-20)30-14-12-28(10-11-28)13-15-30)27(34)31(16-17-32)21-4-3-7-23(19-21)37(35,36)22-5-1-2-6-22/h3-4,7-9,18-19,22,32H,1-2,5-6,10-17H2,(H2,29,33). The minimum absolute atomic E-state index is 0.00584. The van der Waals surface area contributed by atoms with Gasteiger partial charge in [-0.1, -0.05) is 18.9 Å². The van der Waals surface area contributed by atoms with Gasteiger partial charge in [-0.25, -0.2) is 8.42 Å². The number of carbonyl (C=O) groups excluding carboxylic acids is 2. The van der Waals surface area contributed by atoms with Gasteiger partial charge in [0, 0.05) is 30.9 Å². The molecule has 2 aliphatic carbocycles. The molecule has 2 aromatic rings. The van der Waals surface area contributed by atoms with Crippen LogP contribution >= 0.6 is 0 Å². The van der Waals surface area contributed by atoms with Gasteiger partial charge in [-0.3, -0.25) is 9.59 Å². The molecule has 2 saturated carbocycles. The Kier molecular flexibility index (Phi) is 7.02. The lowest BCUT2D eigenvalue weighted by atomic mass is 9.92. The van der Waals surface area contributed by atoms with E-state index in [9.17, 15) is 23.1 Å². The first-order chi connectivity index (χ1) is 17.7. The van der Waals surface area contributed by atoms with Gasteiger partial charge in [0.1, 0.15) is 0 Å². The number of benzene rings is 2. The summed E-state index contributed by atoms with van der Waals surface area (Å²) in [5.41, 5.74) is 7.79. The Hall–Kier alpha value is -2.91. The smallest absolute Gasteiger partial charge is 0.260 e. The van der Waals surface area contributed by atoms with Crippen LogP contribution in [0.2, 0.25) is 0 Å². The van der Waals surface area contributed by atoms with E-state index in [4.69, 9.17) is 5.73 Å². The van der Waals surface area contributed by atoms with Crippen LogP contribution in [0.1, 0.15) is 72.1 Å². The molecule has 0 unspecified atom stereocenters. The van der Waals surface area contributed by atoms with E-state index in [0.717, 1.165) is 38.8 Å². The van der Waals surface area contributed by atoms with E-state index < -0.39 is 21.0 Å². The van der Waals surface area contributed by atoms with Gasteiger partial charge in [0.15, 0.2) is 9.84 Å². The number of aliphatic hydroxyl groups is 1.